The normalized spacial score (nSPS) is 13.2. The van der Waals surface area contributed by atoms with Crippen molar-refractivity contribution in [3.05, 3.63) is 35.4 Å². The van der Waals surface area contributed by atoms with E-state index in [2.05, 4.69) is 15.3 Å². The van der Waals surface area contributed by atoms with Crippen LogP contribution in [0.25, 0.3) is 0 Å². The van der Waals surface area contributed by atoms with Crippen LogP contribution in [0, 0.1) is 6.92 Å². The van der Waals surface area contributed by atoms with Crippen molar-refractivity contribution < 1.29 is 17.6 Å². The first-order valence-electron chi connectivity index (χ1n) is 5.80. The Labute approximate surface area is 113 Å². The number of hydrogen-bond donors (Lipinski definition) is 2. The smallest absolute Gasteiger partial charge is 0.433 e. The van der Waals surface area contributed by atoms with E-state index in [1.54, 1.807) is 26.0 Å². The summed E-state index contributed by atoms with van der Waals surface area (Å²) in [5.41, 5.74) is 4.20. The van der Waals surface area contributed by atoms with Crippen molar-refractivity contribution in [3.8, 4) is 0 Å². The average molecular weight is 286 g/mol. The fourth-order valence-corrected chi connectivity index (χ4v) is 1.66. The Hall–Kier alpha value is -2.25. The molecule has 20 heavy (non-hydrogen) atoms. The van der Waals surface area contributed by atoms with Gasteiger partial charge in [-0.05, 0) is 26.0 Å². The van der Waals surface area contributed by atoms with Crippen molar-refractivity contribution in [1.29, 1.82) is 0 Å². The number of aromatic nitrogens is 2. The molecule has 5 nitrogen and oxygen atoms in total. The Morgan fingerprint density at radius 2 is 2.00 bits per heavy atom. The second kappa shape index (κ2) is 5.03. The van der Waals surface area contributed by atoms with E-state index in [9.17, 15) is 13.2 Å². The Morgan fingerprint density at radius 1 is 1.30 bits per heavy atom. The van der Waals surface area contributed by atoms with Gasteiger partial charge in [-0.3, -0.25) is 0 Å². The number of halogens is 3. The highest BCUT2D eigenvalue weighted by Gasteiger charge is 2.33. The van der Waals surface area contributed by atoms with E-state index < -0.39 is 17.8 Å². The van der Waals surface area contributed by atoms with Crippen LogP contribution in [-0.4, -0.2) is 9.97 Å². The topological polar surface area (TPSA) is 77.0 Å². The highest BCUT2D eigenvalue weighted by Crippen LogP contribution is 2.30. The third-order valence-corrected chi connectivity index (χ3v) is 2.59. The highest BCUT2D eigenvalue weighted by atomic mass is 19.4. The summed E-state index contributed by atoms with van der Waals surface area (Å²) in [6.45, 7) is 3.52. The zero-order valence-corrected chi connectivity index (χ0v) is 10.8. The minimum absolute atomic E-state index is 0.00798. The van der Waals surface area contributed by atoms with Crippen molar-refractivity contribution in [1.82, 2.24) is 9.97 Å². The zero-order valence-electron chi connectivity index (χ0n) is 10.8. The summed E-state index contributed by atoms with van der Waals surface area (Å²) in [4.78, 5) is 6.90. The molecule has 0 bridgehead atoms. The lowest BCUT2D eigenvalue weighted by molar-refractivity contribution is -0.141. The summed E-state index contributed by atoms with van der Waals surface area (Å²) >= 11 is 0. The fourth-order valence-electron chi connectivity index (χ4n) is 1.66. The van der Waals surface area contributed by atoms with Crippen molar-refractivity contribution >= 4 is 11.8 Å². The summed E-state index contributed by atoms with van der Waals surface area (Å²) in [6, 6.07) is 3.97. The minimum atomic E-state index is -4.57. The van der Waals surface area contributed by atoms with Gasteiger partial charge in [0.05, 0.1) is 6.04 Å². The number of alkyl halides is 3. The first-order valence-corrected chi connectivity index (χ1v) is 5.80. The molecule has 3 N–H and O–H groups in total. The molecule has 2 aromatic heterocycles. The molecule has 0 aliphatic carbocycles. The number of hydrogen-bond acceptors (Lipinski definition) is 5. The minimum Gasteiger partial charge on any atom is -0.464 e. The van der Waals surface area contributed by atoms with Gasteiger partial charge in [0.25, 0.3) is 0 Å². The maximum atomic E-state index is 12.6. The third kappa shape index (κ3) is 3.19. The zero-order chi connectivity index (χ0) is 14.9. The van der Waals surface area contributed by atoms with Crippen LogP contribution in [0.15, 0.2) is 22.6 Å². The number of rotatable bonds is 3. The Morgan fingerprint density at radius 3 is 2.55 bits per heavy atom. The van der Waals surface area contributed by atoms with Crippen LogP contribution in [-0.2, 0) is 6.18 Å². The Bertz CT molecular complexity index is 609. The molecule has 0 saturated carbocycles. The van der Waals surface area contributed by atoms with Crippen LogP contribution in [0.1, 0.15) is 30.2 Å². The maximum Gasteiger partial charge on any atom is 0.433 e. The molecular weight excluding hydrogens is 273 g/mol. The van der Waals surface area contributed by atoms with Gasteiger partial charge in [-0.2, -0.15) is 18.2 Å². The van der Waals surface area contributed by atoms with E-state index in [0.717, 1.165) is 6.07 Å². The summed E-state index contributed by atoms with van der Waals surface area (Å²) in [6.07, 6.45) is -4.57. The summed E-state index contributed by atoms with van der Waals surface area (Å²) in [5, 5.41) is 2.80. The van der Waals surface area contributed by atoms with Crippen LogP contribution in [0.5, 0.6) is 0 Å². The highest BCUT2D eigenvalue weighted by molar-refractivity contribution is 5.42. The number of nitrogens with one attached hydrogen (secondary N) is 1. The number of aryl methyl sites for hydroxylation is 1. The van der Waals surface area contributed by atoms with Crippen LogP contribution >= 0.6 is 0 Å². The molecule has 2 aromatic rings. The predicted molar refractivity (Wildman–Crippen MR) is 66.9 cm³/mol. The van der Waals surface area contributed by atoms with Gasteiger partial charge < -0.3 is 15.5 Å². The van der Waals surface area contributed by atoms with Gasteiger partial charge in [0.2, 0.25) is 5.95 Å². The van der Waals surface area contributed by atoms with E-state index >= 15 is 0 Å². The van der Waals surface area contributed by atoms with Crippen molar-refractivity contribution in [3.63, 3.8) is 0 Å². The van der Waals surface area contributed by atoms with E-state index in [1.807, 2.05) is 0 Å². The van der Waals surface area contributed by atoms with Crippen molar-refractivity contribution in [2.75, 3.05) is 11.1 Å². The SMILES string of the molecule is Cc1ccc(C(C)Nc2cc(C(F)(F)F)nc(N)n2)o1. The number of nitrogen functional groups attached to an aromatic ring is 1. The summed E-state index contributed by atoms with van der Waals surface area (Å²) in [7, 11) is 0. The second-order valence-electron chi connectivity index (χ2n) is 4.31. The number of nitrogens with two attached hydrogens (primary N) is 1. The molecule has 8 heteroatoms. The standard InChI is InChI=1S/C12H13F3N4O/c1-6-3-4-8(20-6)7(2)17-10-5-9(12(13,14)15)18-11(16)19-10/h3-5,7H,1-2H3,(H3,16,17,18,19). The third-order valence-electron chi connectivity index (χ3n) is 2.59. The number of furan rings is 1. The second-order valence-corrected chi connectivity index (χ2v) is 4.31. The molecule has 0 amide bonds. The lowest BCUT2D eigenvalue weighted by Crippen LogP contribution is -2.14. The lowest BCUT2D eigenvalue weighted by atomic mass is 10.2. The van der Waals surface area contributed by atoms with Gasteiger partial charge in [0, 0.05) is 6.07 Å². The van der Waals surface area contributed by atoms with Gasteiger partial charge >= 0.3 is 6.18 Å². The maximum absolute atomic E-state index is 12.6. The Kier molecular flexibility index (Phi) is 3.56. The molecule has 0 aliphatic heterocycles. The molecule has 0 fully saturated rings. The molecule has 2 heterocycles. The molecule has 0 aromatic carbocycles. The lowest BCUT2D eigenvalue weighted by Gasteiger charge is -2.14. The molecule has 1 atom stereocenters. The summed E-state index contributed by atoms with van der Waals surface area (Å²) < 4.78 is 43.2. The first kappa shape index (κ1) is 14.2. The first-order chi connectivity index (χ1) is 9.25. The number of nitrogens with zero attached hydrogens (tertiary/aromatic N) is 2. The van der Waals surface area contributed by atoms with Gasteiger partial charge in [0.1, 0.15) is 17.3 Å². The quantitative estimate of drug-likeness (QED) is 0.906. The Balaban J connectivity index is 2.23. The molecule has 2 rings (SSSR count). The molecule has 0 aliphatic rings. The van der Waals surface area contributed by atoms with Gasteiger partial charge in [-0.25, -0.2) is 4.98 Å². The molecule has 0 saturated heterocycles. The largest absolute Gasteiger partial charge is 0.464 e. The predicted octanol–water partition coefficient (Wildman–Crippen LogP) is 3.15. The van der Waals surface area contributed by atoms with Crippen LogP contribution in [0.3, 0.4) is 0 Å². The molecule has 0 radical (unpaired) electrons. The van der Waals surface area contributed by atoms with Gasteiger partial charge in [-0.15, -0.1) is 0 Å². The number of anilines is 2. The van der Waals surface area contributed by atoms with Crippen molar-refractivity contribution in [2.45, 2.75) is 26.1 Å². The van der Waals surface area contributed by atoms with Crippen LogP contribution < -0.4 is 11.1 Å². The van der Waals surface area contributed by atoms with Crippen LogP contribution in [0.4, 0.5) is 24.9 Å². The van der Waals surface area contributed by atoms with Crippen LogP contribution in [0.2, 0.25) is 0 Å². The van der Waals surface area contributed by atoms with Gasteiger partial charge in [-0.1, -0.05) is 0 Å². The fraction of sp³-hybridized carbons (Fsp3) is 0.333. The van der Waals surface area contributed by atoms with E-state index in [0.29, 0.717) is 11.5 Å². The van der Waals surface area contributed by atoms with E-state index in [4.69, 9.17) is 10.2 Å². The molecule has 1 unspecified atom stereocenters. The van der Waals surface area contributed by atoms with Gasteiger partial charge in [0.15, 0.2) is 5.69 Å². The molecule has 108 valence electrons. The monoisotopic (exact) mass is 286 g/mol. The van der Waals surface area contributed by atoms with E-state index in [-0.39, 0.29) is 11.9 Å². The van der Waals surface area contributed by atoms with Crippen molar-refractivity contribution in [2.24, 2.45) is 0 Å². The average Bonchev–Trinajstić information content (AvgIpc) is 2.74. The summed E-state index contributed by atoms with van der Waals surface area (Å²) in [5.74, 6) is 0.858. The van der Waals surface area contributed by atoms with E-state index in [1.165, 1.54) is 0 Å². The molecular formula is C12H13F3N4O. The molecule has 0 spiro atoms.